The fourth-order valence-electron chi connectivity index (χ4n) is 1.67. The van der Waals surface area contributed by atoms with Gasteiger partial charge in [-0.3, -0.25) is 4.55 Å². The normalized spacial score (nSPS) is 11.4. The molecule has 2 aromatic carbocycles. The topological polar surface area (TPSA) is 106 Å². The zero-order chi connectivity index (χ0) is 13.3. The number of nitrogens with two attached hydrogens (primary N) is 2. The third kappa shape index (κ3) is 2.29. The number of hydrogen-bond donors (Lipinski definition) is 3. The summed E-state index contributed by atoms with van der Waals surface area (Å²) in [4.78, 5) is -0.158. The lowest BCUT2D eigenvalue weighted by Gasteiger charge is -2.08. The average molecular weight is 264 g/mol. The van der Waals surface area contributed by atoms with Crippen LogP contribution in [0.4, 0.5) is 11.4 Å². The summed E-state index contributed by atoms with van der Waals surface area (Å²) in [6.07, 6.45) is 0. The molecule has 0 aliphatic rings. The van der Waals surface area contributed by atoms with E-state index in [9.17, 15) is 13.0 Å². The summed E-state index contributed by atoms with van der Waals surface area (Å²) in [5.41, 5.74) is 13.0. The molecule has 0 aliphatic heterocycles. The molecule has 2 rings (SSSR count). The maximum atomic E-state index is 11.3. The maximum Gasteiger partial charge on any atom is 0.295 e. The second kappa shape index (κ2) is 4.32. The summed E-state index contributed by atoms with van der Waals surface area (Å²) in [6.45, 7) is 0. The molecule has 0 saturated heterocycles. The predicted octanol–water partition coefficient (Wildman–Crippen LogP) is 1.76. The van der Waals surface area contributed by atoms with E-state index in [-0.39, 0.29) is 4.90 Å². The molecule has 5 N–H and O–H groups in total. The van der Waals surface area contributed by atoms with Crippen molar-refractivity contribution >= 4 is 21.5 Å². The van der Waals surface area contributed by atoms with E-state index in [0.717, 1.165) is 0 Å². The molecule has 0 atom stereocenters. The molecular formula is C12H12N2O3S. The van der Waals surface area contributed by atoms with Gasteiger partial charge in [-0.1, -0.05) is 24.3 Å². The molecule has 5 nitrogen and oxygen atoms in total. The quantitative estimate of drug-likeness (QED) is 0.566. The minimum Gasteiger partial charge on any atom is -0.397 e. The Morgan fingerprint density at radius 1 is 0.944 bits per heavy atom. The standard InChI is InChI=1S/C12H12N2O3S/c13-10-6-5-8(7-11(10)14)9-3-1-2-4-12(9)18(15,16)17/h1-7H,13-14H2,(H,15,16,17). The monoisotopic (exact) mass is 264 g/mol. The Bertz CT molecular complexity index is 696. The van der Waals surface area contributed by atoms with Gasteiger partial charge in [0.2, 0.25) is 0 Å². The Kier molecular flexibility index (Phi) is 2.98. The molecule has 0 fully saturated rings. The first-order valence-electron chi connectivity index (χ1n) is 5.11. The van der Waals surface area contributed by atoms with Crippen LogP contribution in [-0.2, 0) is 10.1 Å². The highest BCUT2D eigenvalue weighted by Gasteiger charge is 2.16. The SMILES string of the molecule is Nc1ccc(-c2ccccc2S(=O)(=O)O)cc1N. The summed E-state index contributed by atoms with van der Waals surface area (Å²) >= 11 is 0. The van der Waals surface area contributed by atoms with E-state index in [1.807, 2.05) is 0 Å². The molecule has 0 amide bonds. The Hall–Kier alpha value is -2.05. The van der Waals surface area contributed by atoms with Crippen LogP contribution in [-0.4, -0.2) is 13.0 Å². The van der Waals surface area contributed by atoms with Crippen molar-refractivity contribution in [1.29, 1.82) is 0 Å². The van der Waals surface area contributed by atoms with Crippen LogP contribution in [0.15, 0.2) is 47.4 Å². The average Bonchev–Trinajstić information content (AvgIpc) is 2.32. The molecule has 0 aromatic heterocycles. The summed E-state index contributed by atoms with van der Waals surface area (Å²) in [5, 5.41) is 0. The van der Waals surface area contributed by atoms with E-state index < -0.39 is 10.1 Å². The lowest BCUT2D eigenvalue weighted by molar-refractivity contribution is 0.483. The number of benzene rings is 2. The Balaban J connectivity index is 2.68. The van der Waals surface area contributed by atoms with Crippen molar-refractivity contribution in [3.05, 3.63) is 42.5 Å². The summed E-state index contributed by atoms with van der Waals surface area (Å²) in [7, 11) is -4.28. The predicted molar refractivity (Wildman–Crippen MR) is 70.5 cm³/mol. The highest BCUT2D eigenvalue weighted by molar-refractivity contribution is 7.86. The molecule has 0 aliphatic carbocycles. The van der Waals surface area contributed by atoms with Gasteiger partial charge in [-0.05, 0) is 23.8 Å². The lowest BCUT2D eigenvalue weighted by atomic mass is 10.0. The van der Waals surface area contributed by atoms with Crippen LogP contribution in [0.25, 0.3) is 11.1 Å². The summed E-state index contributed by atoms with van der Waals surface area (Å²) in [5.74, 6) is 0. The van der Waals surface area contributed by atoms with Gasteiger partial charge in [-0.2, -0.15) is 8.42 Å². The van der Waals surface area contributed by atoms with Crippen molar-refractivity contribution in [2.75, 3.05) is 11.5 Å². The highest BCUT2D eigenvalue weighted by Crippen LogP contribution is 2.30. The van der Waals surface area contributed by atoms with Crippen molar-refractivity contribution in [3.63, 3.8) is 0 Å². The first-order chi connectivity index (χ1) is 8.39. The molecule has 0 bridgehead atoms. The van der Waals surface area contributed by atoms with E-state index in [1.54, 1.807) is 30.3 Å². The minimum absolute atomic E-state index is 0.158. The van der Waals surface area contributed by atoms with E-state index in [2.05, 4.69) is 0 Å². The van der Waals surface area contributed by atoms with Crippen molar-refractivity contribution in [3.8, 4) is 11.1 Å². The fraction of sp³-hybridized carbons (Fsp3) is 0. The molecular weight excluding hydrogens is 252 g/mol. The van der Waals surface area contributed by atoms with Crippen molar-refractivity contribution in [1.82, 2.24) is 0 Å². The van der Waals surface area contributed by atoms with Crippen LogP contribution in [0.3, 0.4) is 0 Å². The van der Waals surface area contributed by atoms with Gasteiger partial charge in [-0.15, -0.1) is 0 Å². The van der Waals surface area contributed by atoms with Crippen molar-refractivity contribution < 1.29 is 13.0 Å². The van der Waals surface area contributed by atoms with Gasteiger partial charge in [0.1, 0.15) is 4.90 Å². The third-order valence-electron chi connectivity index (χ3n) is 2.56. The van der Waals surface area contributed by atoms with Crippen LogP contribution in [0.5, 0.6) is 0 Å². The molecule has 18 heavy (non-hydrogen) atoms. The second-order valence-corrected chi connectivity index (χ2v) is 5.20. The van der Waals surface area contributed by atoms with E-state index in [1.165, 1.54) is 12.1 Å². The smallest absolute Gasteiger partial charge is 0.295 e. The number of hydrogen-bond acceptors (Lipinski definition) is 4. The van der Waals surface area contributed by atoms with E-state index in [4.69, 9.17) is 11.5 Å². The maximum absolute atomic E-state index is 11.3. The zero-order valence-corrected chi connectivity index (χ0v) is 10.2. The summed E-state index contributed by atoms with van der Waals surface area (Å²) in [6, 6.07) is 10.9. The van der Waals surface area contributed by atoms with Crippen LogP contribution in [0.1, 0.15) is 0 Å². The minimum atomic E-state index is -4.28. The first-order valence-corrected chi connectivity index (χ1v) is 6.55. The molecule has 0 spiro atoms. The van der Waals surface area contributed by atoms with Crippen LogP contribution in [0.2, 0.25) is 0 Å². The first kappa shape index (κ1) is 12.4. The van der Waals surface area contributed by atoms with Gasteiger partial charge in [0.15, 0.2) is 0 Å². The van der Waals surface area contributed by atoms with Gasteiger partial charge < -0.3 is 11.5 Å². The summed E-state index contributed by atoms with van der Waals surface area (Å²) < 4.78 is 31.7. The zero-order valence-electron chi connectivity index (χ0n) is 9.37. The van der Waals surface area contributed by atoms with Crippen molar-refractivity contribution in [2.24, 2.45) is 0 Å². The van der Waals surface area contributed by atoms with Gasteiger partial charge in [0.05, 0.1) is 11.4 Å². The molecule has 0 heterocycles. The van der Waals surface area contributed by atoms with Gasteiger partial charge in [0.25, 0.3) is 10.1 Å². The van der Waals surface area contributed by atoms with Crippen LogP contribution in [0, 0.1) is 0 Å². The van der Waals surface area contributed by atoms with Crippen LogP contribution < -0.4 is 11.5 Å². The van der Waals surface area contributed by atoms with Gasteiger partial charge in [0, 0.05) is 5.56 Å². The Morgan fingerprint density at radius 2 is 1.61 bits per heavy atom. The lowest BCUT2D eigenvalue weighted by Crippen LogP contribution is -2.01. The van der Waals surface area contributed by atoms with Gasteiger partial charge >= 0.3 is 0 Å². The number of anilines is 2. The largest absolute Gasteiger partial charge is 0.397 e. The second-order valence-electron chi connectivity index (χ2n) is 3.81. The Labute approximate surface area is 105 Å². The molecule has 0 radical (unpaired) electrons. The molecule has 0 saturated carbocycles. The molecule has 2 aromatic rings. The highest BCUT2D eigenvalue weighted by atomic mass is 32.2. The number of rotatable bonds is 2. The Morgan fingerprint density at radius 3 is 2.22 bits per heavy atom. The molecule has 0 unspecified atom stereocenters. The van der Waals surface area contributed by atoms with E-state index >= 15 is 0 Å². The van der Waals surface area contributed by atoms with Gasteiger partial charge in [-0.25, -0.2) is 0 Å². The molecule has 6 heteroatoms. The number of nitrogen functional groups attached to an aromatic ring is 2. The fourth-order valence-corrected chi connectivity index (χ4v) is 2.39. The van der Waals surface area contributed by atoms with Crippen LogP contribution >= 0.6 is 0 Å². The van der Waals surface area contributed by atoms with Crippen molar-refractivity contribution in [2.45, 2.75) is 4.90 Å². The molecule has 94 valence electrons. The third-order valence-corrected chi connectivity index (χ3v) is 3.47. The van der Waals surface area contributed by atoms with E-state index in [0.29, 0.717) is 22.5 Å².